The molecule has 0 aromatic rings. The van der Waals surface area contributed by atoms with Crippen LogP contribution in [0.2, 0.25) is 0 Å². The van der Waals surface area contributed by atoms with Gasteiger partial charge in [0.25, 0.3) is 0 Å². The van der Waals surface area contributed by atoms with E-state index < -0.39 is 0 Å². The molecule has 0 aliphatic heterocycles. The summed E-state index contributed by atoms with van der Waals surface area (Å²) in [5, 5.41) is 1.63. The van der Waals surface area contributed by atoms with E-state index in [9.17, 15) is 4.79 Å². The maximum atomic E-state index is 11.3. The summed E-state index contributed by atoms with van der Waals surface area (Å²) in [6.07, 6.45) is 2.73. The minimum atomic E-state index is -0.245. The number of rotatable bonds is 5. The van der Waals surface area contributed by atoms with Crippen molar-refractivity contribution in [1.29, 1.82) is 0 Å². The third-order valence-electron chi connectivity index (χ3n) is 1.75. The second-order valence-electron chi connectivity index (χ2n) is 2.79. The molecule has 0 saturated heterocycles. The van der Waals surface area contributed by atoms with Gasteiger partial charge in [-0.25, -0.2) is 4.79 Å². The van der Waals surface area contributed by atoms with Crippen molar-refractivity contribution in [2.75, 3.05) is 13.1 Å². The van der Waals surface area contributed by atoms with Crippen LogP contribution in [0.3, 0.4) is 0 Å². The van der Waals surface area contributed by atoms with E-state index in [4.69, 9.17) is 4.84 Å². The minimum Gasteiger partial charge on any atom is -0.364 e. The summed E-state index contributed by atoms with van der Waals surface area (Å²) in [5.74, 6) is -0.245. The summed E-state index contributed by atoms with van der Waals surface area (Å²) in [6.45, 7) is 9.12. The summed E-state index contributed by atoms with van der Waals surface area (Å²) in [6, 6.07) is 0. The van der Waals surface area contributed by atoms with E-state index in [0.29, 0.717) is 5.57 Å². The molecule has 0 aromatic carbocycles. The topological polar surface area (TPSA) is 29.5 Å². The smallest absolute Gasteiger partial charge is 0.352 e. The minimum absolute atomic E-state index is 0.245. The van der Waals surface area contributed by atoms with Gasteiger partial charge in [-0.2, -0.15) is 0 Å². The van der Waals surface area contributed by atoms with Crippen molar-refractivity contribution < 1.29 is 9.63 Å². The van der Waals surface area contributed by atoms with Crippen LogP contribution in [0.4, 0.5) is 0 Å². The SMILES string of the molecule is CCC=C(C)C(=O)ON(CC)CC. The highest BCUT2D eigenvalue weighted by Gasteiger charge is 2.09. The zero-order chi connectivity index (χ0) is 10.3. The van der Waals surface area contributed by atoms with E-state index >= 15 is 0 Å². The molecule has 0 aliphatic carbocycles. The molecule has 3 nitrogen and oxygen atoms in total. The summed E-state index contributed by atoms with van der Waals surface area (Å²) in [5.41, 5.74) is 0.675. The molecule has 0 rings (SSSR count). The summed E-state index contributed by atoms with van der Waals surface area (Å²) >= 11 is 0. The Kier molecular flexibility index (Phi) is 6.24. The van der Waals surface area contributed by atoms with Gasteiger partial charge in [-0.05, 0) is 27.2 Å². The van der Waals surface area contributed by atoms with Crippen molar-refractivity contribution in [3.8, 4) is 0 Å². The van der Waals surface area contributed by atoms with E-state index in [2.05, 4.69) is 0 Å². The van der Waals surface area contributed by atoms with Gasteiger partial charge in [0.1, 0.15) is 0 Å². The second-order valence-corrected chi connectivity index (χ2v) is 2.79. The summed E-state index contributed by atoms with van der Waals surface area (Å²) in [4.78, 5) is 16.4. The highest BCUT2D eigenvalue weighted by atomic mass is 16.7. The molecule has 0 N–H and O–H groups in total. The first-order valence-electron chi connectivity index (χ1n) is 4.79. The van der Waals surface area contributed by atoms with E-state index in [1.165, 1.54) is 0 Å². The van der Waals surface area contributed by atoms with Gasteiger partial charge in [0, 0.05) is 18.7 Å². The zero-order valence-electron chi connectivity index (χ0n) is 8.96. The molecule has 3 heteroatoms. The molecule has 0 fully saturated rings. The van der Waals surface area contributed by atoms with E-state index in [0.717, 1.165) is 19.5 Å². The average molecular weight is 185 g/mol. The number of hydrogen-bond donors (Lipinski definition) is 0. The van der Waals surface area contributed by atoms with E-state index in [-0.39, 0.29) is 5.97 Å². The van der Waals surface area contributed by atoms with Crippen LogP contribution in [0, 0.1) is 0 Å². The van der Waals surface area contributed by atoms with Gasteiger partial charge in [-0.15, -0.1) is 5.06 Å². The lowest BCUT2D eigenvalue weighted by Crippen LogP contribution is -2.27. The molecule has 13 heavy (non-hydrogen) atoms. The largest absolute Gasteiger partial charge is 0.364 e. The molecule has 0 bridgehead atoms. The van der Waals surface area contributed by atoms with Crippen molar-refractivity contribution >= 4 is 5.97 Å². The molecule has 0 spiro atoms. The summed E-state index contributed by atoms with van der Waals surface area (Å²) in [7, 11) is 0. The van der Waals surface area contributed by atoms with Crippen molar-refractivity contribution in [2.24, 2.45) is 0 Å². The number of allylic oxidation sites excluding steroid dienone is 1. The first-order valence-corrected chi connectivity index (χ1v) is 4.79. The molecule has 0 radical (unpaired) electrons. The first-order chi connectivity index (χ1) is 6.15. The first kappa shape index (κ1) is 12.2. The number of hydrogen-bond acceptors (Lipinski definition) is 3. The monoisotopic (exact) mass is 185 g/mol. The van der Waals surface area contributed by atoms with Crippen LogP contribution in [-0.4, -0.2) is 24.1 Å². The third kappa shape index (κ3) is 4.68. The Morgan fingerprint density at radius 1 is 1.31 bits per heavy atom. The lowest BCUT2D eigenvalue weighted by molar-refractivity contribution is -0.183. The Balaban J connectivity index is 4.05. The predicted molar refractivity (Wildman–Crippen MR) is 53.1 cm³/mol. The fraction of sp³-hybridized carbons (Fsp3) is 0.700. The highest BCUT2D eigenvalue weighted by molar-refractivity contribution is 5.87. The molecular weight excluding hydrogens is 166 g/mol. The van der Waals surface area contributed by atoms with Crippen LogP contribution in [0.5, 0.6) is 0 Å². The Hall–Kier alpha value is -0.830. The van der Waals surface area contributed by atoms with Gasteiger partial charge in [0.05, 0.1) is 0 Å². The van der Waals surface area contributed by atoms with Crippen molar-refractivity contribution in [1.82, 2.24) is 5.06 Å². The van der Waals surface area contributed by atoms with Crippen LogP contribution in [0.25, 0.3) is 0 Å². The maximum absolute atomic E-state index is 11.3. The molecular formula is C10H19NO2. The van der Waals surface area contributed by atoms with Gasteiger partial charge >= 0.3 is 5.97 Å². The normalized spacial score (nSPS) is 11.9. The van der Waals surface area contributed by atoms with Crippen molar-refractivity contribution in [3.05, 3.63) is 11.6 Å². The lowest BCUT2D eigenvalue weighted by atomic mass is 10.2. The molecule has 0 atom stereocenters. The number of nitrogens with zero attached hydrogens (tertiary/aromatic N) is 1. The van der Waals surface area contributed by atoms with Crippen LogP contribution in [0.1, 0.15) is 34.1 Å². The van der Waals surface area contributed by atoms with Crippen molar-refractivity contribution in [3.63, 3.8) is 0 Å². The molecule has 0 unspecified atom stereocenters. The van der Waals surface area contributed by atoms with Gasteiger partial charge < -0.3 is 4.84 Å². The number of carbonyl (C=O) groups excluding carboxylic acids is 1. The predicted octanol–water partition coefficient (Wildman–Crippen LogP) is 2.14. The van der Waals surface area contributed by atoms with Crippen LogP contribution in [-0.2, 0) is 9.63 Å². The van der Waals surface area contributed by atoms with Crippen LogP contribution >= 0.6 is 0 Å². The Labute approximate surface area is 80.3 Å². The van der Waals surface area contributed by atoms with Crippen molar-refractivity contribution in [2.45, 2.75) is 34.1 Å². The summed E-state index contributed by atoms with van der Waals surface area (Å²) < 4.78 is 0. The number of carbonyl (C=O) groups is 1. The van der Waals surface area contributed by atoms with Gasteiger partial charge in [0.2, 0.25) is 0 Å². The molecule has 0 heterocycles. The quantitative estimate of drug-likeness (QED) is 0.485. The second kappa shape index (κ2) is 6.66. The van der Waals surface area contributed by atoms with Gasteiger partial charge in [0.15, 0.2) is 0 Å². The van der Waals surface area contributed by atoms with Gasteiger partial charge in [-0.3, -0.25) is 0 Å². The van der Waals surface area contributed by atoms with E-state index in [1.807, 2.05) is 26.8 Å². The van der Waals surface area contributed by atoms with E-state index in [1.54, 1.807) is 12.0 Å². The van der Waals surface area contributed by atoms with Crippen LogP contribution < -0.4 is 0 Å². The molecule has 76 valence electrons. The standard InChI is InChI=1S/C10H19NO2/c1-5-8-9(4)10(12)13-11(6-2)7-3/h8H,5-7H2,1-4H3. The fourth-order valence-corrected chi connectivity index (χ4v) is 0.931. The average Bonchev–Trinajstić information content (AvgIpc) is 2.14. The highest BCUT2D eigenvalue weighted by Crippen LogP contribution is 2.01. The Bertz CT molecular complexity index is 183. The zero-order valence-corrected chi connectivity index (χ0v) is 8.96. The lowest BCUT2D eigenvalue weighted by Gasteiger charge is -2.17. The third-order valence-corrected chi connectivity index (χ3v) is 1.75. The Morgan fingerprint density at radius 2 is 1.85 bits per heavy atom. The van der Waals surface area contributed by atoms with Crippen LogP contribution in [0.15, 0.2) is 11.6 Å². The maximum Gasteiger partial charge on any atom is 0.352 e. The number of hydroxylamine groups is 2. The fourth-order valence-electron chi connectivity index (χ4n) is 0.931. The molecule has 0 aromatic heterocycles. The Morgan fingerprint density at radius 3 is 2.23 bits per heavy atom. The van der Waals surface area contributed by atoms with Gasteiger partial charge in [-0.1, -0.05) is 13.0 Å². The molecule has 0 amide bonds. The molecule has 0 saturated carbocycles. The molecule has 0 aliphatic rings.